The highest BCUT2D eigenvalue weighted by atomic mass is 32.1. The number of aromatic nitrogens is 2. The topological polar surface area (TPSA) is 50.5 Å². The summed E-state index contributed by atoms with van der Waals surface area (Å²) in [6.07, 6.45) is 7.10. The Balaban J connectivity index is 1.69. The molecule has 0 spiro atoms. The van der Waals surface area contributed by atoms with E-state index in [1.165, 1.54) is 0 Å². The van der Waals surface area contributed by atoms with Crippen LogP contribution in [0, 0.1) is 0 Å². The SMILES string of the molecule is C(=NCCN=Cc1nccs1)c1nccs1. The van der Waals surface area contributed by atoms with Gasteiger partial charge in [-0.25, -0.2) is 9.97 Å². The van der Waals surface area contributed by atoms with Crippen LogP contribution in [0.25, 0.3) is 0 Å². The van der Waals surface area contributed by atoms with Crippen molar-refractivity contribution in [3.63, 3.8) is 0 Å². The fraction of sp³-hybridized carbons (Fsp3) is 0.200. The minimum absolute atomic E-state index is 0.682. The van der Waals surface area contributed by atoms with Crippen LogP contribution in [0.4, 0.5) is 0 Å². The summed E-state index contributed by atoms with van der Waals surface area (Å²) in [6.45, 7) is 1.36. The molecule has 0 saturated heterocycles. The van der Waals surface area contributed by atoms with Crippen LogP contribution in [0.1, 0.15) is 10.0 Å². The normalized spacial score (nSPS) is 11.8. The van der Waals surface area contributed by atoms with Gasteiger partial charge in [0, 0.05) is 23.2 Å². The molecule has 0 aliphatic rings. The number of hydrogen-bond donors (Lipinski definition) is 0. The highest BCUT2D eigenvalue weighted by molar-refractivity contribution is 7.11. The third-order valence-corrected chi connectivity index (χ3v) is 3.08. The van der Waals surface area contributed by atoms with Crippen molar-refractivity contribution in [2.24, 2.45) is 9.98 Å². The molecule has 0 N–H and O–H groups in total. The van der Waals surface area contributed by atoms with Gasteiger partial charge in [-0.1, -0.05) is 0 Å². The number of hydrogen-bond acceptors (Lipinski definition) is 6. The first-order valence-electron chi connectivity index (χ1n) is 4.74. The molecule has 2 heterocycles. The van der Waals surface area contributed by atoms with Crippen LogP contribution in [0.5, 0.6) is 0 Å². The summed E-state index contributed by atoms with van der Waals surface area (Å²) < 4.78 is 0. The Hall–Kier alpha value is -1.40. The van der Waals surface area contributed by atoms with E-state index in [0.717, 1.165) is 10.0 Å². The van der Waals surface area contributed by atoms with Crippen LogP contribution in [-0.2, 0) is 0 Å². The predicted molar refractivity (Wildman–Crippen MR) is 69.2 cm³/mol. The van der Waals surface area contributed by atoms with E-state index in [1.54, 1.807) is 47.5 Å². The molecule has 16 heavy (non-hydrogen) atoms. The molecule has 0 aromatic carbocycles. The van der Waals surface area contributed by atoms with Crippen LogP contribution in [0.15, 0.2) is 33.1 Å². The van der Waals surface area contributed by atoms with Gasteiger partial charge in [0.15, 0.2) is 0 Å². The summed E-state index contributed by atoms with van der Waals surface area (Å²) in [7, 11) is 0. The minimum atomic E-state index is 0.682. The summed E-state index contributed by atoms with van der Waals surface area (Å²) in [4.78, 5) is 16.6. The summed E-state index contributed by atoms with van der Waals surface area (Å²) in [6, 6.07) is 0. The molecule has 0 bridgehead atoms. The van der Waals surface area contributed by atoms with Gasteiger partial charge in [-0.05, 0) is 0 Å². The van der Waals surface area contributed by atoms with E-state index in [1.807, 2.05) is 10.8 Å². The third kappa shape index (κ3) is 3.63. The molecule has 0 saturated carbocycles. The second-order valence-electron chi connectivity index (χ2n) is 2.81. The third-order valence-electron chi connectivity index (χ3n) is 1.66. The second-order valence-corrected chi connectivity index (χ2v) is 4.66. The first-order valence-corrected chi connectivity index (χ1v) is 6.50. The maximum absolute atomic E-state index is 4.22. The average Bonchev–Trinajstić information content (AvgIpc) is 2.96. The summed E-state index contributed by atoms with van der Waals surface area (Å²) in [5.41, 5.74) is 0. The molecular formula is C10H10N4S2. The highest BCUT2D eigenvalue weighted by Gasteiger charge is 1.88. The fourth-order valence-corrected chi connectivity index (χ4v) is 2.03. The van der Waals surface area contributed by atoms with Crippen LogP contribution >= 0.6 is 22.7 Å². The van der Waals surface area contributed by atoms with E-state index < -0.39 is 0 Å². The molecular weight excluding hydrogens is 240 g/mol. The molecule has 0 unspecified atom stereocenters. The van der Waals surface area contributed by atoms with Crippen molar-refractivity contribution in [2.75, 3.05) is 13.1 Å². The lowest BCUT2D eigenvalue weighted by Gasteiger charge is -1.87. The van der Waals surface area contributed by atoms with Crippen LogP contribution < -0.4 is 0 Å². The molecule has 0 aliphatic heterocycles. The van der Waals surface area contributed by atoms with Crippen molar-refractivity contribution in [2.45, 2.75) is 0 Å². The van der Waals surface area contributed by atoms with Gasteiger partial charge in [0.25, 0.3) is 0 Å². The van der Waals surface area contributed by atoms with Crippen molar-refractivity contribution >= 4 is 35.1 Å². The second kappa shape index (κ2) is 6.24. The maximum atomic E-state index is 4.22. The minimum Gasteiger partial charge on any atom is -0.288 e. The van der Waals surface area contributed by atoms with E-state index in [9.17, 15) is 0 Å². The molecule has 0 radical (unpaired) electrons. The maximum Gasteiger partial charge on any atom is 0.133 e. The van der Waals surface area contributed by atoms with Crippen LogP contribution in [0.3, 0.4) is 0 Å². The number of aliphatic imine (C=N–C) groups is 2. The Morgan fingerprint density at radius 2 is 1.44 bits per heavy atom. The lowest BCUT2D eigenvalue weighted by Crippen LogP contribution is -1.89. The van der Waals surface area contributed by atoms with Crippen molar-refractivity contribution in [3.8, 4) is 0 Å². The Morgan fingerprint density at radius 1 is 0.938 bits per heavy atom. The van der Waals surface area contributed by atoms with E-state index >= 15 is 0 Å². The Bertz CT molecular complexity index is 401. The van der Waals surface area contributed by atoms with Crippen molar-refractivity contribution < 1.29 is 0 Å². The molecule has 2 aromatic rings. The number of thiazole rings is 2. The molecule has 2 aromatic heterocycles. The Labute approximate surface area is 101 Å². The molecule has 0 aliphatic carbocycles. The lowest BCUT2D eigenvalue weighted by molar-refractivity contribution is 0.984. The highest BCUT2D eigenvalue weighted by Crippen LogP contribution is 2.00. The van der Waals surface area contributed by atoms with Gasteiger partial charge in [-0.2, -0.15) is 0 Å². The average molecular weight is 250 g/mol. The lowest BCUT2D eigenvalue weighted by atomic mass is 10.6. The van der Waals surface area contributed by atoms with Gasteiger partial charge in [0.2, 0.25) is 0 Å². The van der Waals surface area contributed by atoms with E-state index in [4.69, 9.17) is 0 Å². The van der Waals surface area contributed by atoms with E-state index in [2.05, 4.69) is 20.0 Å². The van der Waals surface area contributed by atoms with Crippen molar-refractivity contribution in [1.82, 2.24) is 9.97 Å². The Kier molecular flexibility index (Phi) is 4.33. The van der Waals surface area contributed by atoms with Crippen molar-refractivity contribution in [3.05, 3.63) is 33.2 Å². The quantitative estimate of drug-likeness (QED) is 0.603. The molecule has 0 amide bonds. The largest absolute Gasteiger partial charge is 0.288 e. The van der Waals surface area contributed by atoms with Gasteiger partial charge in [-0.3, -0.25) is 9.98 Å². The van der Waals surface area contributed by atoms with Gasteiger partial charge in [-0.15, -0.1) is 22.7 Å². The predicted octanol–water partition coefficient (Wildman–Crippen LogP) is 2.14. The summed E-state index contributed by atoms with van der Waals surface area (Å²) in [5.74, 6) is 0. The first kappa shape index (κ1) is 11.1. The zero-order valence-corrected chi connectivity index (χ0v) is 10.1. The summed E-state index contributed by atoms with van der Waals surface area (Å²) in [5, 5.41) is 5.73. The van der Waals surface area contributed by atoms with Crippen LogP contribution in [-0.4, -0.2) is 35.5 Å². The van der Waals surface area contributed by atoms with Crippen LogP contribution in [0.2, 0.25) is 0 Å². The van der Waals surface area contributed by atoms with Gasteiger partial charge in [0.05, 0.1) is 25.5 Å². The monoisotopic (exact) mass is 250 g/mol. The molecule has 2 rings (SSSR count). The fourth-order valence-electron chi connectivity index (χ4n) is 0.997. The smallest absolute Gasteiger partial charge is 0.133 e. The van der Waals surface area contributed by atoms with Gasteiger partial charge >= 0.3 is 0 Å². The number of nitrogens with zero attached hydrogens (tertiary/aromatic N) is 4. The number of rotatable bonds is 5. The van der Waals surface area contributed by atoms with E-state index in [0.29, 0.717) is 13.1 Å². The molecule has 4 nitrogen and oxygen atoms in total. The molecule has 0 fully saturated rings. The standard InChI is InChI=1S/C10H10N4S2/c1(11-7-9-13-3-5-15-9)2-12-8-10-14-4-6-16-10/h3-8H,1-2H2. The summed E-state index contributed by atoms with van der Waals surface area (Å²) >= 11 is 3.16. The van der Waals surface area contributed by atoms with Crippen molar-refractivity contribution in [1.29, 1.82) is 0 Å². The first-order chi connectivity index (χ1) is 7.95. The zero-order chi connectivity index (χ0) is 11.1. The zero-order valence-electron chi connectivity index (χ0n) is 8.48. The van der Waals surface area contributed by atoms with Gasteiger partial charge in [0.1, 0.15) is 10.0 Å². The molecule has 82 valence electrons. The van der Waals surface area contributed by atoms with Gasteiger partial charge < -0.3 is 0 Å². The Morgan fingerprint density at radius 3 is 1.81 bits per heavy atom. The van der Waals surface area contributed by atoms with E-state index in [-0.39, 0.29) is 0 Å². The molecule has 0 atom stereocenters. The molecule has 6 heteroatoms.